The van der Waals surface area contributed by atoms with E-state index in [0.717, 1.165) is 34.1 Å². The van der Waals surface area contributed by atoms with Crippen LogP contribution in [0.1, 0.15) is 50.7 Å². The molecule has 0 bridgehead atoms. The number of rotatable bonds is 8. The third-order valence-electron chi connectivity index (χ3n) is 11.7. The zero-order chi connectivity index (χ0) is 37.9. The summed E-state index contributed by atoms with van der Waals surface area (Å²) in [5.74, 6) is 0.978. The number of hydrogen-bond donors (Lipinski definition) is 0. The molecular weight excluding hydrogens is 677 g/mol. The van der Waals surface area contributed by atoms with E-state index in [1.165, 1.54) is 65.0 Å². The van der Waals surface area contributed by atoms with E-state index in [4.69, 9.17) is 0 Å². The standard InChI is InChI=1S/C54H44N2/c1-35(2)39-15-17-43-33-47(25-19-41(43)31-39)55(45-11-7-5-8-12-45)51-29-23-37-22-28-50-52(30-24-38-21-27-49(51)53(37)54(38)50)56(46-13-9-6-10-14-46)48-26-20-42-32-40(36(3)4)16-18-44(42)34-48/h5-36H,1-4H3. The van der Waals surface area contributed by atoms with Crippen LogP contribution in [0.3, 0.4) is 0 Å². The van der Waals surface area contributed by atoms with Crippen LogP contribution in [0.4, 0.5) is 34.1 Å². The highest BCUT2D eigenvalue weighted by Crippen LogP contribution is 2.48. The van der Waals surface area contributed by atoms with Crippen molar-refractivity contribution in [3.63, 3.8) is 0 Å². The summed E-state index contributed by atoms with van der Waals surface area (Å²) in [6.45, 7) is 9.03. The number of nitrogens with zero attached hydrogens (tertiary/aromatic N) is 2. The smallest absolute Gasteiger partial charge is 0.0540 e. The van der Waals surface area contributed by atoms with E-state index < -0.39 is 0 Å². The van der Waals surface area contributed by atoms with Crippen molar-refractivity contribution in [2.24, 2.45) is 0 Å². The molecule has 56 heavy (non-hydrogen) atoms. The van der Waals surface area contributed by atoms with Gasteiger partial charge in [0.1, 0.15) is 0 Å². The van der Waals surface area contributed by atoms with Crippen LogP contribution in [0.2, 0.25) is 0 Å². The maximum Gasteiger partial charge on any atom is 0.0540 e. The Morgan fingerprint density at radius 2 is 0.661 bits per heavy atom. The van der Waals surface area contributed by atoms with Gasteiger partial charge in [0.25, 0.3) is 0 Å². The highest BCUT2D eigenvalue weighted by Gasteiger charge is 2.22. The molecule has 0 radical (unpaired) electrons. The minimum atomic E-state index is 0.489. The van der Waals surface area contributed by atoms with Gasteiger partial charge in [0.15, 0.2) is 0 Å². The van der Waals surface area contributed by atoms with Gasteiger partial charge in [-0.25, -0.2) is 0 Å². The molecule has 0 amide bonds. The molecule has 0 heterocycles. The second-order valence-corrected chi connectivity index (χ2v) is 15.8. The molecule has 0 aliphatic heterocycles. The second-order valence-electron chi connectivity index (χ2n) is 15.8. The summed E-state index contributed by atoms with van der Waals surface area (Å²) in [6, 6.07) is 67.7. The van der Waals surface area contributed by atoms with E-state index in [1.807, 2.05) is 0 Å². The monoisotopic (exact) mass is 720 g/mol. The van der Waals surface area contributed by atoms with E-state index in [-0.39, 0.29) is 0 Å². The quantitative estimate of drug-likeness (QED) is 0.144. The lowest BCUT2D eigenvalue weighted by atomic mass is 9.91. The third-order valence-corrected chi connectivity index (χ3v) is 11.7. The fourth-order valence-electron chi connectivity index (χ4n) is 8.67. The molecule has 0 atom stereocenters. The van der Waals surface area contributed by atoms with Crippen LogP contribution < -0.4 is 9.80 Å². The van der Waals surface area contributed by atoms with Crippen molar-refractivity contribution >= 4 is 88.0 Å². The Balaban J connectivity index is 1.18. The van der Waals surface area contributed by atoms with Crippen molar-refractivity contribution in [3.8, 4) is 0 Å². The maximum absolute atomic E-state index is 2.43. The highest BCUT2D eigenvalue weighted by molar-refractivity contribution is 6.28. The summed E-state index contributed by atoms with van der Waals surface area (Å²) in [5.41, 5.74) is 9.61. The Morgan fingerprint density at radius 3 is 1.07 bits per heavy atom. The summed E-state index contributed by atoms with van der Waals surface area (Å²) >= 11 is 0. The SMILES string of the molecule is CC(C)c1ccc2cc(N(c3ccccc3)c3ccc4ccc5c(N(c6ccccc6)c6ccc7cc(C(C)C)ccc7c6)ccc6ccc3c4c65)ccc2c1. The lowest BCUT2D eigenvalue weighted by Gasteiger charge is -2.29. The van der Waals surface area contributed by atoms with Gasteiger partial charge in [0, 0.05) is 33.5 Å². The van der Waals surface area contributed by atoms with Crippen molar-refractivity contribution in [3.05, 3.63) is 193 Å². The van der Waals surface area contributed by atoms with Crippen LogP contribution in [0.15, 0.2) is 182 Å². The highest BCUT2D eigenvalue weighted by atomic mass is 15.1. The van der Waals surface area contributed by atoms with E-state index in [9.17, 15) is 0 Å². The van der Waals surface area contributed by atoms with Crippen LogP contribution >= 0.6 is 0 Å². The molecule has 0 aliphatic rings. The number of benzene rings is 10. The first-order valence-electron chi connectivity index (χ1n) is 19.9. The van der Waals surface area contributed by atoms with Gasteiger partial charge in [0.05, 0.1) is 11.4 Å². The van der Waals surface area contributed by atoms with Gasteiger partial charge < -0.3 is 9.80 Å². The number of hydrogen-bond acceptors (Lipinski definition) is 2. The Labute approximate surface area is 329 Å². The number of para-hydroxylation sites is 2. The van der Waals surface area contributed by atoms with Gasteiger partial charge in [-0.3, -0.25) is 0 Å². The lowest BCUT2D eigenvalue weighted by molar-refractivity contribution is 0.869. The van der Waals surface area contributed by atoms with Gasteiger partial charge >= 0.3 is 0 Å². The lowest BCUT2D eigenvalue weighted by Crippen LogP contribution is -2.11. The fraction of sp³-hybridized carbons (Fsp3) is 0.111. The Kier molecular flexibility index (Phi) is 8.22. The maximum atomic E-state index is 2.43. The average molecular weight is 721 g/mol. The molecule has 10 aromatic carbocycles. The van der Waals surface area contributed by atoms with Crippen molar-refractivity contribution in [1.82, 2.24) is 0 Å². The van der Waals surface area contributed by atoms with Crippen LogP contribution in [-0.4, -0.2) is 0 Å². The summed E-state index contributed by atoms with van der Waals surface area (Å²) in [6.07, 6.45) is 0. The largest absolute Gasteiger partial charge is 0.310 e. The first-order valence-corrected chi connectivity index (χ1v) is 19.9. The molecule has 0 saturated heterocycles. The average Bonchev–Trinajstić information content (AvgIpc) is 3.24. The molecule has 10 rings (SSSR count). The van der Waals surface area contributed by atoms with E-state index in [2.05, 4.69) is 219 Å². The van der Waals surface area contributed by atoms with E-state index in [0.29, 0.717) is 11.8 Å². The van der Waals surface area contributed by atoms with Gasteiger partial charge in [-0.2, -0.15) is 0 Å². The Hall–Kier alpha value is -6.64. The summed E-state index contributed by atoms with van der Waals surface area (Å²) in [7, 11) is 0. The topological polar surface area (TPSA) is 6.48 Å². The van der Waals surface area contributed by atoms with Crippen molar-refractivity contribution in [2.75, 3.05) is 9.80 Å². The predicted octanol–water partition coefficient (Wildman–Crippen LogP) is 16.1. The van der Waals surface area contributed by atoms with Gasteiger partial charge in [-0.05, 0) is 127 Å². The normalized spacial score (nSPS) is 11.9. The van der Waals surface area contributed by atoms with Crippen LogP contribution in [-0.2, 0) is 0 Å². The minimum Gasteiger partial charge on any atom is -0.310 e. The minimum absolute atomic E-state index is 0.489. The summed E-state index contributed by atoms with van der Waals surface area (Å²) < 4.78 is 0. The number of fused-ring (bicyclic) bond motifs is 2. The molecule has 0 N–H and O–H groups in total. The van der Waals surface area contributed by atoms with Crippen molar-refractivity contribution in [2.45, 2.75) is 39.5 Å². The molecule has 0 aliphatic carbocycles. The molecule has 2 nitrogen and oxygen atoms in total. The molecule has 2 heteroatoms. The van der Waals surface area contributed by atoms with Gasteiger partial charge in [-0.15, -0.1) is 0 Å². The molecule has 0 aromatic heterocycles. The van der Waals surface area contributed by atoms with E-state index in [1.54, 1.807) is 0 Å². The molecule has 0 fully saturated rings. The van der Waals surface area contributed by atoms with Crippen molar-refractivity contribution < 1.29 is 0 Å². The molecular formula is C54H44N2. The fourth-order valence-corrected chi connectivity index (χ4v) is 8.67. The molecule has 10 aromatic rings. The van der Waals surface area contributed by atoms with Crippen molar-refractivity contribution in [1.29, 1.82) is 0 Å². The zero-order valence-corrected chi connectivity index (χ0v) is 32.4. The molecule has 0 saturated carbocycles. The number of anilines is 6. The molecule has 0 unspecified atom stereocenters. The third kappa shape index (κ3) is 5.72. The predicted molar refractivity (Wildman–Crippen MR) is 243 cm³/mol. The second kappa shape index (κ2) is 13.6. The zero-order valence-electron chi connectivity index (χ0n) is 32.4. The van der Waals surface area contributed by atoms with Crippen LogP contribution in [0.25, 0.3) is 53.9 Å². The summed E-state index contributed by atoms with van der Waals surface area (Å²) in [5, 5.41) is 12.5. The van der Waals surface area contributed by atoms with Crippen LogP contribution in [0, 0.1) is 0 Å². The van der Waals surface area contributed by atoms with E-state index >= 15 is 0 Å². The molecule has 0 spiro atoms. The molecule has 270 valence electrons. The Morgan fingerprint density at radius 1 is 0.304 bits per heavy atom. The van der Waals surface area contributed by atoms with Gasteiger partial charge in [-0.1, -0.05) is 149 Å². The van der Waals surface area contributed by atoms with Crippen LogP contribution in [0.5, 0.6) is 0 Å². The Bertz CT molecular complexity index is 2830. The summed E-state index contributed by atoms with van der Waals surface area (Å²) in [4.78, 5) is 4.86. The van der Waals surface area contributed by atoms with Gasteiger partial charge in [0.2, 0.25) is 0 Å². The first kappa shape index (κ1) is 33.9. The first-order chi connectivity index (χ1) is 27.4.